The highest BCUT2D eigenvalue weighted by Gasteiger charge is 2.10. The topological polar surface area (TPSA) is 76.7 Å². The van der Waals surface area contributed by atoms with E-state index in [1.807, 2.05) is 13.0 Å². The summed E-state index contributed by atoms with van der Waals surface area (Å²) in [5.74, 6) is 1.24. The first-order valence-electron chi connectivity index (χ1n) is 5.15. The van der Waals surface area contributed by atoms with Gasteiger partial charge in [-0.3, -0.25) is 0 Å². The summed E-state index contributed by atoms with van der Waals surface area (Å²) in [6.07, 6.45) is 1.29. The Hall–Kier alpha value is -1.73. The van der Waals surface area contributed by atoms with Crippen LogP contribution in [0.2, 0.25) is 5.28 Å². The Morgan fingerprint density at radius 2 is 2.33 bits per heavy atom. The third-order valence-corrected chi connectivity index (χ3v) is 3.42. The lowest BCUT2D eigenvalue weighted by Crippen LogP contribution is -2.03. The monoisotopic (exact) mass is 281 g/mol. The van der Waals surface area contributed by atoms with E-state index in [0.29, 0.717) is 18.2 Å². The zero-order chi connectivity index (χ0) is 12.5. The van der Waals surface area contributed by atoms with Gasteiger partial charge in [0, 0.05) is 4.88 Å². The molecule has 0 amide bonds. The van der Waals surface area contributed by atoms with E-state index in [2.05, 4.69) is 29.9 Å². The fourth-order valence-electron chi connectivity index (χ4n) is 1.58. The molecule has 3 aromatic rings. The standard InChI is InChI=1S/C10H8ClN5OS/c1-5-2-6-8(12-3-7-13-4-17-16-7)14-10(11)15-9(6)18-5/h2,4H,3H2,1H3,(H,12,14,15). The summed E-state index contributed by atoms with van der Waals surface area (Å²) in [4.78, 5) is 14.3. The number of hydrogen-bond acceptors (Lipinski definition) is 7. The zero-order valence-corrected chi connectivity index (χ0v) is 10.9. The van der Waals surface area contributed by atoms with E-state index in [4.69, 9.17) is 11.6 Å². The van der Waals surface area contributed by atoms with E-state index >= 15 is 0 Å². The summed E-state index contributed by atoms with van der Waals surface area (Å²) in [5.41, 5.74) is 0. The van der Waals surface area contributed by atoms with Crippen molar-refractivity contribution < 1.29 is 4.52 Å². The van der Waals surface area contributed by atoms with Crippen molar-refractivity contribution in [2.75, 3.05) is 5.32 Å². The Morgan fingerprint density at radius 1 is 1.44 bits per heavy atom. The molecule has 8 heteroatoms. The van der Waals surface area contributed by atoms with Gasteiger partial charge in [-0.15, -0.1) is 11.3 Å². The highest BCUT2D eigenvalue weighted by molar-refractivity contribution is 7.18. The maximum atomic E-state index is 5.89. The van der Waals surface area contributed by atoms with Crippen LogP contribution in [-0.2, 0) is 6.54 Å². The first kappa shape index (κ1) is 11.4. The van der Waals surface area contributed by atoms with Crippen molar-refractivity contribution in [1.29, 1.82) is 0 Å². The van der Waals surface area contributed by atoms with Crippen LogP contribution in [0.15, 0.2) is 17.0 Å². The van der Waals surface area contributed by atoms with Gasteiger partial charge in [0.2, 0.25) is 11.7 Å². The molecule has 0 atom stereocenters. The average molecular weight is 282 g/mol. The third-order valence-electron chi connectivity index (χ3n) is 2.31. The van der Waals surface area contributed by atoms with Crippen molar-refractivity contribution in [3.63, 3.8) is 0 Å². The summed E-state index contributed by atoms with van der Waals surface area (Å²) in [7, 11) is 0. The number of hydrogen-bond donors (Lipinski definition) is 1. The molecule has 0 spiro atoms. The molecule has 0 radical (unpaired) electrons. The number of halogens is 1. The van der Waals surface area contributed by atoms with Crippen molar-refractivity contribution in [1.82, 2.24) is 20.1 Å². The molecule has 3 heterocycles. The maximum absolute atomic E-state index is 5.89. The largest absolute Gasteiger partial charge is 0.362 e. The Kier molecular flexibility index (Phi) is 2.85. The van der Waals surface area contributed by atoms with Crippen LogP contribution in [0.5, 0.6) is 0 Å². The minimum atomic E-state index is 0.222. The molecule has 3 aromatic heterocycles. The molecule has 0 bridgehead atoms. The fraction of sp³-hybridized carbons (Fsp3) is 0.200. The molecule has 0 saturated carbocycles. The van der Waals surface area contributed by atoms with E-state index in [9.17, 15) is 0 Å². The van der Waals surface area contributed by atoms with E-state index in [1.54, 1.807) is 11.3 Å². The van der Waals surface area contributed by atoms with Gasteiger partial charge < -0.3 is 9.84 Å². The summed E-state index contributed by atoms with van der Waals surface area (Å²) in [6.45, 7) is 2.44. The number of aromatic nitrogens is 4. The number of nitrogens with zero attached hydrogens (tertiary/aromatic N) is 4. The van der Waals surface area contributed by atoms with E-state index in [0.717, 1.165) is 15.1 Å². The van der Waals surface area contributed by atoms with Crippen LogP contribution in [0.4, 0.5) is 5.82 Å². The van der Waals surface area contributed by atoms with Gasteiger partial charge in [0.15, 0.2) is 5.82 Å². The first-order valence-corrected chi connectivity index (χ1v) is 6.34. The second kappa shape index (κ2) is 4.51. The zero-order valence-electron chi connectivity index (χ0n) is 9.35. The van der Waals surface area contributed by atoms with Crippen LogP contribution in [0.25, 0.3) is 10.2 Å². The summed E-state index contributed by atoms with van der Waals surface area (Å²) < 4.78 is 4.66. The highest BCUT2D eigenvalue weighted by Crippen LogP contribution is 2.29. The summed E-state index contributed by atoms with van der Waals surface area (Å²) in [6, 6.07) is 2.02. The molecular weight excluding hydrogens is 274 g/mol. The van der Waals surface area contributed by atoms with Crippen LogP contribution < -0.4 is 5.32 Å². The average Bonchev–Trinajstić information content (AvgIpc) is 2.93. The Labute approximate surface area is 111 Å². The van der Waals surface area contributed by atoms with Crippen LogP contribution in [0.3, 0.4) is 0 Å². The number of rotatable bonds is 3. The van der Waals surface area contributed by atoms with Gasteiger partial charge in [0.1, 0.15) is 10.6 Å². The van der Waals surface area contributed by atoms with Crippen molar-refractivity contribution in [3.05, 3.63) is 28.4 Å². The molecule has 0 aliphatic carbocycles. The van der Waals surface area contributed by atoms with Gasteiger partial charge in [-0.05, 0) is 24.6 Å². The van der Waals surface area contributed by atoms with E-state index < -0.39 is 0 Å². The number of nitrogens with one attached hydrogen (secondary N) is 1. The number of thiophene rings is 1. The first-order chi connectivity index (χ1) is 8.72. The molecule has 0 aliphatic rings. The second-order valence-electron chi connectivity index (χ2n) is 3.62. The van der Waals surface area contributed by atoms with Crippen molar-refractivity contribution in [3.8, 4) is 0 Å². The van der Waals surface area contributed by atoms with E-state index in [1.165, 1.54) is 6.39 Å². The molecule has 0 unspecified atom stereocenters. The molecule has 92 valence electrons. The third kappa shape index (κ3) is 2.14. The Morgan fingerprint density at radius 3 is 3.11 bits per heavy atom. The van der Waals surface area contributed by atoms with Crippen molar-refractivity contribution in [2.45, 2.75) is 13.5 Å². The quantitative estimate of drug-likeness (QED) is 0.744. The van der Waals surface area contributed by atoms with E-state index in [-0.39, 0.29) is 5.28 Å². The molecule has 0 aromatic carbocycles. The highest BCUT2D eigenvalue weighted by atomic mass is 35.5. The number of fused-ring (bicyclic) bond motifs is 1. The van der Waals surface area contributed by atoms with Crippen molar-refractivity contribution in [2.24, 2.45) is 0 Å². The number of aryl methyl sites for hydroxylation is 1. The van der Waals surface area contributed by atoms with Crippen LogP contribution in [0.1, 0.15) is 10.7 Å². The predicted molar refractivity (Wildman–Crippen MR) is 68.8 cm³/mol. The molecule has 6 nitrogen and oxygen atoms in total. The molecule has 1 N–H and O–H groups in total. The minimum Gasteiger partial charge on any atom is -0.362 e. The van der Waals surface area contributed by atoms with Gasteiger partial charge in [-0.2, -0.15) is 4.98 Å². The lowest BCUT2D eigenvalue weighted by Gasteiger charge is -2.04. The molecule has 0 fully saturated rings. The normalized spacial score (nSPS) is 11.0. The molecule has 0 saturated heterocycles. The summed E-state index contributed by atoms with van der Waals surface area (Å²) in [5, 5.41) is 8.02. The van der Waals surface area contributed by atoms with Crippen LogP contribution in [-0.4, -0.2) is 20.1 Å². The van der Waals surface area contributed by atoms with Crippen LogP contribution >= 0.6 is 22.9 Å². The Balaban J connectivity index is 1.95. The Bertz CT molecular complexity index is 681. The molecular formula is C10H8ClN5OS. The molecule has 3 rings (SSSR count). The van der Waals surface area contributed by atoms with Gasteiger partial charge in [-0.25, -0.2) is 9.97 Å². The maximum Gasteiger partial charge on any atom is 0.225 e. The van der Waals surface area contributed by atoms with Gasteiger partial charge in [0.05, 0.1) is 11.9 Å². The van der Waals surface area contributed by atoms with Gasteiger partial charge >= 0.3 is 0 Å². The SMILES string of the molecule is Cc1cc2c(NCc3ncon3)nc(Cl)nc2s1. The van der Waals surface area contributed by atoms with Crippen LogP contribution in [0, 0.1) is 6.92 Å². The lowest BCUT2D eigenvalue weighted by atomic mass is 10.3. The smallest absolute Gasteiger partial charge is 0.225 e. The number of anilines is 1. The van der Waals surface area contributed by atoms with Crippen molar-refractivity contribution >= 4 is 39.0 Å². The molecule has 18 heavy (non-hydrogen) atoms. The summed E-state index contributed by atoms with van der Waals surface area (Å²) >= 11 is 7.47. The minimum absolute atomic E-state index is 0.222. The molecule has 0 aliphatic heterocycles. The lowest BCUT2D eigenvalue weighted by molar-refractivity contribution is 0.411. The second-order valence-corrected chi connectivity index (χ2v) is 5.19. The predicted octanol–water partition coefficient (Wildman–Crippen LogP) is 2.65. The van der Waals surface area contributed by atoms with Gasteiger partial charge in [-0.1, -0.05) is 5.16 Å². The van der Waals surface area contributed by atoms with Gasteiger partial charge in [0.25, 0.3) is 0 Å². The fourth-order valence-corrected chi connectivity index (χ4v) is 2.68.